The van der Waals surface area contributed by atoms with E-state index in [9.17, 15) is 27.5 Å². The van der Waals surface area contributed by atoms with Crippen molar-refractivity contribution in [3.05, 3.63) is 89.1 Å². The van der Waals surface area contributed by atoms with Gasteiger partial charge in [0, 0.05) is 51.0 Å². The third-order valence-corrected chi connectivity index (χ3v) is 9.05. The van der Waals surface area contributed by atoms with Crippen LogP contribution in [0.4, 0.5) is 17.6 Å². The number of phenols is 1. The number of phenolic OH excluding ortho intramolecular Hbond substituents is 1. The third kappa shape index (κ3) is 11.2. The van der Waals surface area contributed by atoms with Crippen LogP contribution in [-0.2, 0) is 29.7 Å². The molecule has 0 bridgehead atoms. The van der Waals surface area contributed by atoms with Crippen LogP contribution in [0.3, 0.4) is 0 Å². The molecule has 1 amide bonds. The number of rotatable bonds is 10. The number of alkyl halides is 3. The summed E-state index contributed by atoms with van der Waals surface area (Å²) in [5.74, 6) is -3.07. The first-order chi connectivity index (χ1) is 25.2. The highest BCUT2D eigenvalue weighted by Crippen LogP contribution is 2.33. The molecule has 2 fully saturated rings. The van der Waals surface area contributed by atoms with E-state index >= 15 is 0 Å². The monoisotopic (exact) mass is 742 g/mol. The van der Waals surface area contributed by atoms with E-state index < -0.39 is 23.9 Å². The first kappa shape index (κ1) is 39.2. The van der Waals surface area contributed by atoms with Gasteiger partial charge < -0.3 is 30.3 Å². The van der Waals surface area contributed by atoms with Crippen LogP contribution in [0.1, 0.15) is 53.0 Å². The molecule has 2 aromatic carbocycles. The molecule has 1 aliphatic carbocycles. The van der Waals surface area contributed by atoms with Gasteiger partial charge >= 0.3 is 12.1 Å². The number of pyridine rings is 1. The molecule has 1 saturated carbocycles. The van der Waals surface area contributed by atoms with Crippen LogP contribution in [-0.4, -0.2) is 86.3 Å². The molecular weight excluding hydrogens is 700 g/mol. The molecule has 3 heterocycles. The number of nitrogens with zero attached hydrogens (tertiary/aromatic N) is 4. The number of ether oxygens (including phenoxy) is 2. The number of halogens is 4. The quantitative estimate of drug-likeness (QED) is 0.149. The van der Waals surface area contributed by atoms with E-state index in [1.807, 2.05) is 42.9 Å². The Morgan fingerprint density at radius 3 is 2.38 bits per heavy atom. The molecule has 16 heteroatoms. The molecule has 0 radical (unpaired) electrons. The van der Waals surface area contributed by atoms with Crippen molar-refractivity contribution in [3.63, 3.8) is 0 Å². The first-order valence-corrected chi connectivity index (χ1v) is 17.1. The Bertz CT molecular complexity index is 1850. The predicted molar refractivity (Wildman–Crippen MR) is 186 cm³/mol. The summed E-state index contributed by atoms with van der Waals surface area (Å²) in [6.07, 6.45) is -0.579. The molecule has 284 valence electrons. The van der Waals surface area contributed by atoms with E-state index in [0.717, 1.165) is 73.0 Å². The molecule has 12 nitrogen and oxygen atoms in total. The third-order valence-electron chi connectivity index (χ3n) is 9.05. The summed E-state index contributed by atoms with van der Waals surface area (Å²) in [7, 11) is 1.94. The maximum absolute atomic E-state index is 14.3. The van der Waals surface area contributed by atoms with Gasteiger partial charge in [-0.3, -0.25) is 14.4 Å². The van der Waals surface area contributed by atoms with Crippen molar-refractivity contribution >= 4 is 11.9 Å². The fourth-order valence-corrected chi connectivity index (χ4v) is 6.18. The van der Waals surface area contributed by atoms with Gasteiger partial charge in [0.25, 0.3) is 5.91 Å². The average molecular weight is 743 g/mol. The number of aryl methyl sites for hydroxylation is 2. The number of hydrogen-bond acceptors (Lipinski definition) is 9. The highest BCUT2D eigenvalue weighted by atomic mass is 19.4. The normalized spacial score (nSPS) is 17.8. The summed E-state index contributed by atoms with van der Waals surface area (Å²) in [6.45, 7) is 6.43. The fourth-order valence-electron chi connectivity index (χ4n) is 6.18. The zero-order valence-corrected chi connectivity index (χ0v) is 29.3. The summed E-state index contributed by atoms with van der Waals surface area (Å²) in [6, 6.07) is 16.4. The molecule has 2 aliphatic rings. The minimum atomic E-state index is -5.08. The van der Waals surface area contributed by atoms with Gasteiger partial charge in [-0.05, 0) is 85.7 Å². The van der Waals surface area contributed by atoms with E-state index in [1.165, 1.54) is 6.07 Å². The molecule has 0 unspecified atom stereocenters. The lowest BCUT2D eigenvalue weighted by Crippen LogP contribution is -2.42. The van der Waals surface area contributed by atoms with Crippen molar-refractivity contribution in [3.8, 4) is 28.5 Å². The Morgan fingerprint density at radius 2 is 1.72 bits per heavy atom. The fraction of sp³-hybridized carbons (Fsp3) is 0.405. The predicted octanol–water partition coefficient (Wildman–Crippen LogP) is 5.72. The summed E-state index contributed by atoms with van der Waals surface area (Å²) >= 11 is 0. The second-order valence-electron chi connectivity index (χ2n) is 13.0. The number of aromatic hydroxyl groups is 1. The number of carbonyl (C=O) groups excluding carboxylic acids is 1. The molecule has 0 atom stereocenters. The number of nitrogens with one attached hydrogen (secondary N) is 2. The summed E-state index contributed by atoms with van der Waals surface area (Å²) in [5.41, 5.74) is 5.02. The van der Waals surface area contributed by atoms with Gasteiger partial charge in [0.15, 0.2) is 0 Å². The van der Waals surface area contributed by atoms with Gasteiger partial charge in [-0.2, -0.15) is 18.3 Å². The molecule has 2 aromatic heterocycles. The maximum Gasteiger partial charge on any atom is 0.490 e. The van der Waals surface area contributed by atoms with Crippen LogP contribution < -0.4 is 15.4 Å². The average Bonchev–Trinajstić information content (AvgIpc) is 3.45. The van der Waals surface area contributed by atoms with Crippen LogP contribution in [0.25, 0.3) is 11.1 Å². The number of carboxylic acid groups (broad SMARTS) is 1. The maximum atomic E-state index is 14.3. The van der Waals surface area contributed by atoms with Gasteiger partial charge in [0.2, 0.25) is 5.88 Å². The Labute approximate surface area is 303 Å². The Balaban J connectivity index is 0.000000705. The zero-order chi connectivity index (χ0) is 38.1. The highest BCUT2D eigenvalue weighted by Gasteiger charge is 2.38. The van der Waals surface area contributed by atoms with Crippen LogP contribution in [0.5, 0.6) is 17.4 Å². The smallest absolute Gasteiger partial charge is 0.490 e. The number of aliphatic carboxylic acids is 1. The van der Waals surface area contributed by atoms with Crippen molar-refractivity contribution in [2.75, 3.05) is 26.3 Å². The number of carbonyl (C=O) groups is 2. The van der Waals surface area contributed by atoms with E-state index in [4.69, 9.17) is 19.4 Å². The van der Waals surface area contributed by atoms with Crippen LogP contribution in [0, 0.1) is 12.7 Å². The van der Waals surface area contributed by atoms with Gasteiger partial charge in [-0.1, -0.05) is 18.2 Å². The molecule has 53 heavy (non-hydrogen) atoms. The number of aromatic nitrogens is 3. The van der Waals surface area contributed by atoms with Crippen molar-refractivity contribution in [1.82, 2.24) is 30.3 Å². The number of morpholine rings is 1. The van der Waals surface area contributed by atoms with E-state index in [2.05, 4.69) is 31.7 Å². The minimum Gasteiger partial charge on any atom is -0.508 e. The van der Waals surface area contributed by atoms with Crippen molar-refractivity contribution in [2.24, 2.45) is 7.05 Å². The van der Waals surface area contributed by atoms with Crippen LogP contribution in [0.15, 0.2) is 60.8 Å². The van der Waals surface area contributed by atoms with E-state index in [-0.39, 0.29) is 23.2 Å². The van der Waals surface area contributed by atoms with Gasteiger partial charge in [0.05, 0.1) is 25.1 Å². The van der Waals surface area contributed by atoms with E-state index in [1.54, 1.807) is 18.2 Å². The minimum absolute atomic E-state index is 0.0264. The van der Waals surface area contributed by atoms with Crippen molar-refractivity contribution in [2.45, 2.75) is 64.0 Å². The van der Waals surface area contributed by atoms with Gasteiger partial charge in [-0.15, -0.1) is 0 Å². The molecular formula is C37H42F4N6O6. The lowest BCUT2D eigenvalue weighted by molar-refractivity contribution is -0.192. The van der Waals surface area contributed by atoms with Gasteiger partial charge in [-0.25, -0.2) is 14.2 Å². The summed E-state index contributed by atoms with van der Waals surface area (Å²) in [4.78, 5) is 28.7. The second-order valence-corrected chi connectivity index (χ2v) is 13.0. The SMILES string of the molecule is Cc1cc(CNC2CCC(NC(=O)c3cc(F)cnc3Oc3cccc(-c4ccc(O)cc4CN4CCOCC4)c3)CC2)nn1C.O=C(O)C(F)(F)F. The molecule has 4 aromatic rings. The zero-order valence-electron chi connectivity index (χ0n) is 29.3. The Hall–Kier alpha value is -5.06. The van der Waals surface area contributed by atoms with Crippen molar-refractivity contribution < 1.29 is 46.8 Å². The highest BCUT2D eigenvalue weighted by molar-refractivity contribution is 5.96. The van der Waals surface area contributed by atoms with Crippen LogP contribution >= 0.6 is 0 Å². The molecule has 0 spiro atoms. The molecule has 1 saturated heterocycles. The number of amides is 1. The topological polar surface area (TPSA) is 151 Å². The number of carboxylic acids is 1. The van der Waals surface area contributed by atoms with Gasteiger partial charge in [0.1, 0.15) is 22.9 Å². The number of benzene rings is 2. The molecule has 4 N–H and O–H groups in total. The number of hydrogen-bond donors (Lipinski definition) is 4. The van der Waals surface area contributed by atoms with E-state index in [0.29, 0.717) is 38.1 Å². The molecule has 6 rings (SSSR count). The van der Waals surface area contributed by atoms with Crippen LogP contribution in [0.2, 0.25) is 0 Å². The Morgan fingerprint density at radius 1 is 1.02 bits per heavy atom. The largest absolute Gasteiger partial charge is 0.508 e. The molecule has 1 aliphatic heterocycles. The Kier molecular flexibility index (Phi) is 13.0. The van der Waals surface area contributed by atoms with Crippen molar-refractivity contribution in [1.29, 1.82) is 0 Å². The summed E-state index contributed by atoms with van der Waals surface area (Å²) in [5, 5.41) is 28.5. The standard InChI is InChI=1S/C35H41FN6O4.C2HF3O2/c1-23-16-29(40-41(23)2)21-37-27-6-8-28(9-7-27)39-34(44)33-19-26(36)20-38-35(33)46-31-5-3-4-24(18-31)32-11-10-30(43)17-25(32)22-42-12-14-45-15-13-42;3-2(4,5)1(6)7/h3-5,10-11,16-20,27-28,37,43H,6-9,12-15,21-22H2,1-2H3,(H,39,44);(H,6,7). The lowest BCUT2D eigenvalue weighted by atomic mass is 9.91. The lowest BCUT2D eigenvalue weighted by Gasteiger charge is -2.29. The summed E-state index contributed by atoms with van der Waals surface area (Å²) < 4.78 is 59.6. The second kappa shape index (κ2) is 17.6. The first-order valence-electron chi connectivity index (χ1n) is 17.1.